The maximum Gasteiger partial charge on any atom is 0.135 e. The Bertz CT molecular complexity index is 1610. The van der Waals surface area contributed by atoms with Gasteiger partial charge in [-0.1, -0.05) is 98.7 Å². The van der Waals surface area contributed by atoms with Crippen LogP contribution in [0, 0.1) is 17.8 Å². The number of furan rings is 1. The van der Waals surface area contributed by atoms with E-state index >= 15 is 0 Å². The van der Waals surface area contributed by atoms with E-state index in [1.807, 2.05) is 6.20 Å². The summed E-state index contributed by atoms with van der Waals surface area (Å²) in [5, 5.41) is 3.68. The third-order valence-corrected chi connectivity index (χ3v) is 8.90. The second kappa shape index (κ2) is 9.97. The van der Waals surface area contributed by atoms with Crippen LogP contribution in [-0.2, 0) is 10.8 Å². The summed E-state index contributed by atoms with van der Waals surface area (Å²) in [6, 6.07) is 26.4. The predicted molar refractivity (Wildman–Crippen MR) is 167 cm³/mol. The van der Waals surface area contributed by atoms with Gasteiger partial charge in [0.15, 0.2) is 0 Å². The molecule has 0 aliphatic carbocycles. The van der Waals surface area contributed by atoms with Gasteiger partial charge in [0.1, 0.15) is 11.3 Å². The quantitative estimate of drug-likeness (QED) is 0.224. The molecule has 2 aromatic heterocycles. The summed E-state index contributed by atoms with van der Waals surface area (Å²) in [5.41, 5.74) is 6.92. The molecule has 0 N–H and O–H groups in total. The van der Waals surface area contributed by atoms with Crippen LogP contribution in [0.5, 0.6) is 0 Å². The Balaban J connectivity index is 1.59. The average Bonchev–Trinajstić information content (AvgIpc) is 3.31. The molecule has 0 aliphatic heterocycles. The topological polar surface area (TPSA) is 26.0 Å². The molecule has 5 aromatic rings. The van der Waals surface area contributed by atoms with E-state index in [1.165, 1.54) is 21.9 Å². The Morgan fingerprint density at radius 3 is 2.03 bits per heavy atom. The van der Waals surface area contributed by atoms with Gasteiger partial charge in [-0.3, -0.25) is 4.98 Å². The van der Waals surface area contributed by atoms with Crippen LogP contribution in [0.15, 0.2) is 83.4 Å². The Morgan fingerprint density at radius 1 is 0.667 bits per heavy atom. The summed E-state index contributed by atoms with van der Waals surface area (Å²) in [6.45, 7) is 21.0. The van der Waals surface area contributed by atoms with Gasteiger partial charge in [0.25, 0.3) is 0 Å². The molecule has 39 heavy (non-hydrogen) atoms. The molecule has 5 rings (SSSR count). The third-order valence-electron chi connectivity index (χ3n) is 8.90. The number of hydrogen-bond donors (Lipinski definition) is 0. The maximum absolute atomic E-state index is 6.54. The molecule has 2 heterocycles. The number of pyridine rings is 1. The first-order valence-corrected chi connectivity index (χ1v) is 14.5. The SMILES string of the molecule is CC(C)C(c1ccc2cc(-c3ccnc(-c4cc(C(C)(C)C)c5ccccc5c4)c3)oc2c1)(C(C)C)C(C)C. The zero-order valence-corrected chi connectivity index (χ0v) is 25.1. The van der Waals surface area contributed by atoms with Crippen LogP contribution in [0.4, 0.5) is 0 Å². The third kappa shape index (κ3) is 4.69. The van der Waals surface area contributed by atoms with Crippen molar-refractivity contribution >= 4 is 21.7 Å². The highest BCUT2D eigenvalue weighted by Gasteiger charge is 2.41. The minimum atomic E-state index is 0.0286. The van der Waals surface area contributed by atoms with Crippen LogP contribution in [0.3, 0.4) is 0 Å². The highest BCUT2D eigenvalue weighted by molar-refractivity contribution is 5.91. The van der Waals surface area contributed by atoms with Gasteiger partial charge in [0, 0.05) is 28.1 Å². The first kappa shape index (κ1) is 27.2. The lowest BCUT2D eigenvalue weighted by Gasteiger charge is -2.46. The van der Waals surface area contributed by atoms with E-state index in [0.29, 0.717) is 17.8 Å². The van der Waals surface area contributed by atoms with Gasteiger partial charge in [0.05, 0.1) is 5.69 Å². The zero-order chi connectivity index (χ0) is 28.1. The van der Waals surface area contributed by atoms with E-state index in [0.717, 1.165) is 33.6 Å². The fourth-order valence-corrected chi connectivity index (χ4v) is 7.26. The second-order valence-electron chi connectivity index (χ2n) is 13.2. The molecule has 0 amide bonds. The highest BCUT2D eigenvalue weighted by Crippen LogP contribution is 2.46. The number of benzene rings is 3. The van der Waals surface area contributed by atoms with Crippen LogP contribution >= 0.6 is 0 Å². The summed E-state index contributed by atoms with van der Waals surface area (Å²) in [4.78, 5) is 4.78. The summed E-state index contributed by atoms with van der Waals surface area (Å²) < 4.78 is 6.54. The molecule has 0 unspecified atom stereocenters. The first-order valence-electron chi connectivity index (χ1n) is 14.5. The molecule has 0 saturated carbocycles. The fraction of sp³-hybridized carbons (Fsp3) is 0.378. The number of rotatable bonds is 6. The van der Waals surface area contributed by atoms with E-state index < -0.39 is 0 Å². The summed E-state index contributed by atoms with van der Waals surface area (Å²) in [5.74, 6) is 2.44. The summed E-state index contributed by atoms with van der Waals surface area (Å²) in [7, 11) is 0. The van der Waals surface area contributed by atoms with Gasteiger partial charge >= 0.3 is 0 Å². The smallest absolute Gasteiger partial charge is 0.135 e. The Labute approximate surface area is 234 Å². The lowest BCUT2D eigenvalue weighted by molar-refractivity contribution is 0.148. The van der Waals surface area contributed by atoms with Crippen molar-refractivity contribution in [2.75, 3.05) is 0 Å². The molecule has 0 aliphatic rings. The molecule has 2 nitrogen and oxygen atoms in total. The van der Waals surface area contributed by atoms with Gasteiger partial charge in [-0.05, 0) is 81.5 Å². The maximum atomic E-state index is 6.54. The average molecular weight is 518 g/mol. The molecule has 0 radical (unpaired) electrons. The molecule has 0 fully saturated rings. The Kier molecular flexibility index (Phi) is 6.95. The van der Waals surface area contributed by atoms with Crippen molar-refractivity contribution in [2.45, 2.75) is 73.1 Å². The normalized spacial score (nSPS) is 12.9. The van der Waals surface area contributed by atoms with Gasteiger partial charge < -0.3 is 4.42 Å². The van der Waals surface area contributed by atoms with Crippen molar-refractivity contribution in [3.8, 4) is 22.6 Å². The molecule has 0 saturated heterocycles. The monoisotopic (exact) mass is 517 g/mol. The molecule has 0 spiro atoms. The van der Waals surface area contributed by atoms with Crippen molar-refractivity contribution in [1.29, 1.82) is 0 Å². The Hall–Kier alpha value is -3.39. The number of aromatic nitrogens is 1. The van der Waals surface area contributed by atoms with Crippen LogP contribution in [0.2, 0.25) is 0 Å². The Morgan fingerprint density at radius 2 is 1.36 bits per heavy atom. The van der Waals surface area contributed by atoms with Crippen molar-refractivity contribution in [1.82, 2.24) is 4.98 Å². The molecular formula is C37H43NO. The van der Waals surface area contributed by atoms with Gasteiger partial charge in [0.2, 0.25) is 0 Å². The lowest BCUT2D eigenvalue weighted by atomic mass is 9.58. The molecular weight excluding hydrogens is 474 g/mol. The van der Waals surface area contributed by atoms with E-state index in [9.17, 15) is 0 Å². The van der Waals surface area contributed by atoms with Gasteiger partial charge in [-0.2, -0.15) is 0 Å². The summed E-state index contributed by atoms with van der Waals surface area (Å²) >= 11 is 0. The predicted octanol–water partition coefficient (Wildman–Crippen LogP) is 10.8. The van der Waals surface area contributed by atoms with Crippen LogP contribution in [0.1, 0.15) is 73.4 Å². The van der Waals surface area contributed by atoms with Crippen molar-refractivity contribution in [2.24, 2.45) is 17.8 Å². The zero-order valence-electron chi connectivity index (χ0n) is 25.1. The first-order chi connectivity index (χ1) is 18.4. The number of hydrogen-bond acceptors (Lipinski definition) is 2. The van der Waals surface area contributed by atoms with E-state index in [1.54, 1.807) is 0 Å². The minimum Gasteiger partial charge on any atom is -0.456 e. The van der Waals surface area contributed by atoms with Crippen LogP contribution < -0.4 is 0 Å². The van der Waals surface area contributed by atoms with Gasteiger partial charge in [-0.25, -0.2) is 0 Å². The van der Waals surface area contributed by atoms with E-state index in [-0.39, 0.29) is 10.8 Å². The molecule has 3 aromatic carbocycles. The number of nitrogens with zero attached hydrogens (tertiary/aromatic N) is 1. The second-order valence-corrected chi connectivity index (χ2v) is 13.2. The molecule has 2 heteroatoms. The fourth-order valence-electron chi connectivity index (χ4n) is 7.26. The van der Waals surface area contributed by atoms with Crippen LogP contribution in [0.25, 0.3) is 44.3 Å². The van der Waals surface area contributed by atoms with Crippen molar-refractivity contribution in [3.05, 3.63) is 90.1 Å². The highest BCUT2D eigenvalue weighted by atomic mass is 16.3. The summed E-state index contributed by atoms with van der Waals surface area (Å²) in [6.07, 6.45) is 1.90. The minimum absolute atomic E-state index is 0.0286. The molecule has 0 bridgehead atoms. The lowest BCUT2D eigenvalue weighted by Crippen LogP contribution is -2.42. The van der Waals surface area contributed by atoms with E-state index in [4.69, 9.17) is 9.40 Å². The molecule has 0 atom stereocenters. The molecule has 202 valence electrons. The number of fused-ring (bicyclic) bond motifs is 2. The van der Waals surface area contributed by atoms with Gasteiger partial charge in [-0.15, -0.1) is 0 Å². The van der Waals surface area contributed by atoms with Crippen molar-refractivity contribution in [3.63, 3.8) is 0 Å². The van der Waals surface area contributed by atoms with Crippen molar-refractivity contribution < 1.29 is 4.42 Å². The van der Waals surface area contributed by atoms with E-state index in [2.05, 4.69) is 135 Å². The largest absolute Gasteiger partial charge is 0.456 e. The van der Waals surface area contributed by atoms with Crippen LogP contribution in [-0.4, -0.2) is 4.98 Å². The standard InChI is InChI=1S/C37H43NO/c1-23(2)37(24(3)4,25(5)6)30-15-14-27-21-34(39-35(27)22-30)28-16-17-38-33(20-28)29-18-26-12-10-11-13-31(26)32(19-29)36(7,8)9/h10-25H,1-9H3.